The summed E-state index contributed by atoms with van der Waals surface area (Å²) in [6.45, 7) is 4.25. The van der Waals surface area contributed by atoms with Crippen LogP contribution in [0.2, 0.25) is 0 Å². The second kappa shape index (κ2) is 7.86. The molecule has 1 amide bonds. The Morgan fingerprint density at radius 2 is 2.08 bits per heavy atom. The fraction of sp³-hybridized carbons (Fsp3) is 0.526. The van der Waals surface area contributed by atoms with E-state index >= 15 is 0 Å². The van der Waals surface area contributed by atoms with Crippen molar-refractivity contribution in [3.63, 3.8) is 0 Å². The first-order valence-corrected chi connectivity index (χ1v) is 9.33. The van der Waals surface area contributed by atoms with Gasteiger partial charge in [-0.3, -0.25) is 9.69 Å². The Hall–Kier alpha value is -2.41. The molecular formula is C19H25N5O2. The zero-order valence-electron chi connectivity index (χ0n) is 14.9. The summed E-state index contributed by atoms with van der Waals surface area (Å²) >= 11 is 0. The number of nitrogens with one attached hydrogen (secondary N) is 1. The molecule has 5 rings (SSSR count). The number of nitrogens with zero attached hydrogens (tertiary/aromatic N) is 4. The molecule has 2 aromatic rings. The number of amides is 1. The van der Waals surface area contributed by atoms with Gasteiger partial charge in [-0.15, -0.1) is 0 Å². The first-order valence-electron chi connectivity index (χ1n) is 9.33. The average molecular weight is 355 g/mol. The lowest BCUT2D eigenvalue weighted by atomic mass is 9.95. The minimum Gasteiger partial charge on any atom is -0.467 e. The van der Waals surface area contributed by atoms with Gasteiger partial charge in [-0.25, -0.2) is 9.97 Å². The standard InChI is InChI=1S/C19H25N5O2/c25-18(22-11-17-3-1-10-26-17)6-9-23-12-15-4-5-16(23)14-24(13-15)19-20-7-2-8-21-19/h1-3,7-8,10,15-16H,4-6,9,11-14H2,(H,22,25)/t15-,16-/m0/s1. The van der Waals surface area contributed by atoms with Crippen LogP contribution in [0.1, 0.15) is 25.0 Å². The fourth-order valence-corrected chi connectivity index (χ4v) is 4.00. The SMILES string of the molecule is O=C(CCN1C[C@@H]2CC[C@H]1CN(c1ncccn1)C2)NCc1ccco1. The lowest BCUT2D eigenvalue weighted by Crippen LogP contribution is -2.45. The molecule has 0 radical (unpaired) electrons. The number of anilines is 1. The smallest absolute Gasteiger partial charge is 0.225 e. The van der Waals surface area contributed by atoms with E-state index in [2.05, 4.69) is 25.1 Å². The van der Waals surface area contributed by atoms with Gasteiger partial charge in [0.15, 0.2) is 0 Å². The number of carbonyl (C=O) groups excluding carboxylic acids is 1. The third kappa shape index (κ3) is 4.04. The summed E-state index contributed by atoms with van der Waals surface area (Å²) in [7, 11) is 0. The summed E-state index contributed by atoms with van der Waals surface area (Å²) in [6.07, 6.45) is 8.17. The van der Waals surface area contributed by atoms with Gasteiger partial charge >= 0.3 is 0 Å². The van der Waals surface area contributed by atoms with Crippen LogP contribution in [0.4, 0.5) is 5.95 Å². The fourth-order valence-electron chi connectivity index (χ4n) is 4.00. The number of furan rings is 1. The predicted octanol–water partition coefficient (Wildman–Crippen LogP) is 1.68. The molecule has 7 heteroatoms. The highest BCUT2D eigenvalue weighted by Crippen LogP contribution is 2.29. The summed E-state index contributed by atoms with van der Waals surface area (Å²) in [4.78, 5) is 25.8. The molecule has 3 saturated heterocycles. The molecule has 0 aromatic carbocycles. The molecule has 0 spiro atoms. The average Bonchev–Trinajstić information content (AvgIpc) is 3.04. The van der Waals surface area contributed by atoms with Crippen molar-refractivity contribution in [3.05, 3.63) is 42.6 Å². The van der Waals surface area contributed by atoms with Crippen molar-refractivity contribution in [1.29, 1.82) is 0 Å². The number of hydrogen-bond donors (Lipinski definition) is 1. The van der Waals surface area contributed by atoms with E-state index in [4.69, 9.17) is 4.42 Å². The lowest BCUT2D eigenvalue weighted by Gasteiger charge is -2.35. The quantitative estimate of drug-likeness (QED) is 0.850. The van der Waals surface area contributed by atoms with Crippen LogP contribution in [-0.4, -0.2) is 53.0 Å². The molecule has 3 aliphatic heterocycles. The summed E-state index contributed by atoms with van der Waals surface area (Å²) in [5.74, 6) is 2.29. The topological polar surface area (TPSA) is 74.5 Å². The van der Waals surface area contributed by atoms with Crippen LogP contribution < -0.4 is 10.2 Å². The highest BCUT2D eigenvalue weighted by Gasteiger charge is 2.35. The van der Waals surface area contributed by atoms with Crippen molar-refractivity contribution in [1.82, 2.24) is 20.2 Å². The van der Waals surface area contributed by atoms with Gasteiger partial charge in [0.2, 0.25) is 11.9 Å². The van der Waals surface area contributed by atoms with Gasteiger partial charge < -0.3 is 14.6 Å². The molecule has 3 aliphatic rings. The van der Waals surface area contributed by atoms with Crippen molar-refractivity contribution in [3.8, 4) is 0 Å². The lowest BCUT2D eigenvalue weighted by molar-refractivity contribution is -0.121. The van der Waals surface area contributed by atoms with Crippen molar-refractivity contribution in [2.24, 2.45) is 5.92 Å². The third-order valence-electron chi connectivity index (χ3n) is 5.33. The molecule has 0 unspecified atom stereocenters. The number of carbonyl (C=O) groups is 1. The number of hydrogen-bond acceptors (Lipinski definition) is 6. The van der Waals surface area contributed by atoms with Gasteiger partial charge in [-0.1, -0.05) is 0 Å². The molecule has 0 saturated carbocycles. The Morgan fingerprint density at radius 3 is 2.88 bits per heavy atom. The van der Waals surface area contributed by atoms with Crippen LogP contribution in [-0.2, 0) is 11.3 Å². The summed E-state index contributed by atoms with van der Waals surface area (Å²) in [6, 6.07) is 6.02. The molecule has 26 heavy (non-hydrogen) atoms. The summed E-state index contributed by atoms with van der Waals surface area (Å²) < 4.78 is 5.25. The van der Waals surface area contributed by atoms with Crippen molar-refractivity contribution in [2.45, 2.75) is 31.8 Å². The maximum atomic E-state index is 12.1. The highest BCUT2D eigenvalue weighted by molar-refractivity contribution is 5.76. The van der Waals surface area contributed by atoms with Crippen LogP contribution in [0.25, 0.3) is 0 Å². The molecule has 0 aliphatic carbocycles. The zero-order chi connectivity index (χ0) is 17.8. The Balaban J connectivity index is 1.30. The van der Waals surface area contributed by atoms with E-state index in [0.717, 1.165) is 37.9 Å². The summed E-state index contributed by atoms with van der Waals surface area (Å²) in [5, 5.41) is 2.93. The number of rotatable bonds is 6. The van der Waals surface area contributed by atoms with Crippen LogP contribution in [0.3, 0.4) is 0 Å². The van der Waals surface area contributed by atoms with Crippen molar-refractivity contribution in [2.75, 3.05) is 31.1 Å². The van der Waals surface area contributed by atoms with Crippen molar-refractivity contribution < 1.29 is 9.21 Å². The molecular weight excluding hydrogens is 330 g/mol. The van der Waals surface area contributed by atoms with Gasteiger partial charge in [0, 0.05) is 51.0 Å². The summed E-state index contributed by atoms with van der Waals surface area (Å²) in [5.41, 5.74) is 0. The Kier molecular flexibility index (Phi) is 5.15. The molecule has 7 nitrogen and oxygen atoms in total. The van der Waals surface area contributed by atoms with Crippen LogP contribution >= 0.6 is 0 Å². The van der Waals surface area contributed by atoms with E-state index in [1.807, 2.05) is 18.2 Å². The minimum atomic E-state index is 0.0739. The molecule has 1 N–H and O–H groups in total. The van der Waals surface area contributed by atoms with E-state index in [0.29, 0.717) is 24.9 Å². The van der Waals surface area contributed by atoms with Crippen LogP contribution in [0, 0.1) is 5.92 Å². The molecule has 2 aromatic heterocycles. The number of aromatic nitrogens is 2. The highest BCUT2D eigenvalue weighted by atomic mass is 16.3. The van der Waals surface area contributed by atoms with E-state index in [1.54, 1.807) is 18.7 Å². The number of piperidine rings is 1. The predicted molar refractivity (Wildman–Crippen MR) is 97.5 cm³/mol. The van der Waals surface area contributed by atoms with Gasteiger partial charge in [0.1, 0.15) is 5.76 Å². The van der Waals surface area contributed by atoms with Gasteiger partial charge in [0.25, 0.3) is 0 Å². The maximum absolute atomic E-state index is 12.1. The Morgan fingerprint density at radius 1 is 1.19 bits per heavy atom. The largest absolute Gasteiger partial charge is 0.467 e. The zero-order valence-corrected chi connectivity index (χ0v) is 14.9. The van der Waals surface area contributed by atoms with Crippen LogP contribution in [0.15, 0.2) is 41.3 Å². The first-order chi connectivity index (χ1) is 12.8. The van der Waals surface area contributed by atoms with Gasteiger partial charge in [0.05, 0.1) is 12.8 Å². The van der Waals surface area contributed by atoms with E-state index in [1.165, 1.54) is 12.8 Å². The monoisotopic (exact) mass is 355 g/mol. The molecule has 2 atom stereocenters. The first kappa shape index (κ1) is 17.0. The second-order valence-corrected chi connectivity index (χ2v) is 7.15. The number of fused-ring (bicyclic) bond motifs is 4. The van der Waals surface area contributed by atoms with Gasteiger partial charge in [-0.05, 0) is 37.0 Å². The Bertz CT molecular complexity index is 706. The maximum Gasteiger partial charge on any atom is 0.225 e. The van der Waals surface area contributed by atoms with Gasteiger partial charge in [-0.2, -0.15) is 0 Å². The molecule has 3 fully saturated rings. The molecule has 138 valence electrons. The Labute approximate surface area is 153 Å². The van der Waals surface area contributed by atoms with E-state index in [9.17, 15) is 4.79 Å². The van der Waals surface area contributed by atoms with E-state index < -0.39 is 0 Å². The minimum absolute atomic E-state index is 0.0739. The molecule has 5 heterocycles. The molecule has 2 bridgehead atoms. The van der Waals surface area contributed by atoms with E-state index in [-0.39, 0.29) is 5.91 Å². The van der Waals surface area contributed by atoms with Crippen LogP contribution in [0.5, 0.6) is 0 Å². The third-order valence-corrected chi connectivity index (χ3v) is 5.33. The second-order valence-electron chi connectivity index (χ2n) is 7.15. The normalized spacial score (nSPS) is 23.0. The van der Waals surface area contributed by atoms with Crippen molar-refractivity contribution >= 4 is 11.9 Å².